The summed E-state index contributed by atoms with van der Waals surface area (Å²) >= 11 is 6.13. The molecule has 0 aliphatic carbocycles. The van der Waals surface area contributed by atoms with Gasteiger partial charge in [-0.2, -0.15) is 0 Å². The Bertz CT molecular complexity index is 896. The fraction of sp³-hybridized carbons (Fsp3) is 0.316. The lowest BCUT2D eigenvalue weighted by atomic mass is 9.98. The lowest BCUT2D eigenvalue weighted by molar-refractivity contribution is -0.139. The van der Waals surface area contributed by atoms with Gasteiger partial charge in [0, 0.05) is 24.4 Å². The van der Waals surface area contributed by atoms with Crippen molar-refractivity contribution in [3.63, 3.8) is 0 Å². The van der Waals surface area contributed by atoms with Gasteiger partial charge in [-0.15, -0.1) is 0 Å². The van der Waals surface area contributed by atoms with Crippen molar-refractivity contribution in [1.29, 1.82) is 0 Å². The molecule has 1 unspecified atom stereocenters. The number of hydrogen-bond donors (Lipinski definition) is 2. The van der Waals surface area contributed by atoms with E-state index in [2.05, 4.69) is 5.32 Å². The van der Waals surface area contributed by atoms with E-state index in [1.807, 2.05) is 6.07 Å². The molecule has 144 valence electrons. The van der Waals surface area contributed by atoms with Crippen LogP contribution in [0.2, 0.25) is 5.02 Å². The highest BCUT2D eigenvalue weighted by molar-refractivity contribution is 6.31. The summed E-state index contributed by atoms with van der Waals surface area (Å²) in [6, 6.07) is 9.80. The number of carboxylic acids is 1. The van der Waals surface area contributed by atoms with Gasteiger partial charge in [-0.1, -0.05) is 29.8 Å². The highest BCUT2D eigenvalue weighted by atomic mass is 35.5. The number of aliphatic carboxylic acids is 1. The van der Waals surface area contributed by atoms with Crippen LogP contribution in [0.3, 0.4) is 0 Å². The number of aromatic nitrogens is 1. The number of rotatable bonds is 8. The molecular weight excluding hydrogens is 372 g/mol. The molecule has 0 aliphatic rings. The van der Waals surface area contributed by atoms with Crippen LogP contribution in [0.15, 0.2) is 47.4 Å². The molecule has 1 aromatic heterocycles. The van der Waals surface area contributed by atoms with Gasteiger partial charge in [0.1, 0.15) is 0 Å². The number of carboxylic acid groups (broad SMARTS) is 1. The molecule has 0 spiro atoms. The van der Waals surface area contributed by atoms with Crippen LogP contribution >= 0.6 is 11.6 Å². The second-order valence-electron chi connectivity index (χ2n) is 6.49. The maximum absolute atomic E-state index is 12.6. The van der Waals surface area contributed by atoms with E-state index in [-0.39, 0.29) is 30.7 Å². The number of ether oxygens (including phenoxy) is 1. The van der Waals surface area contributed by atoms with E-state index in [4.69, 9.17) is 21.4 Å². The van der Waals surface area contributed by atoms with Crippen molar-refractivity contribution in [3.05, 3.63) is 69.1 Å². The van der Waals surface area contributed by atoms with Gasteiger partial charge in [0.05, 0.1) is 30.7 Å². The van der Waals surface area contributed by atoms with E-state index < -0.39 is 17.4 Å². The molecule has 1 amide bonds. The summed E-state index contributed by atoms with van der Waals surface area (Å²) in [6.07, 6.45) is 1.13. The van der Waals surface area contributed by atoms with Crippen LogP contribution < -0.4 is 10.9 Å². The smallest absolute Gasteiger partial charge is 0.305 e. The second-order valence-corrected chi connectivity index (χ2v) is 6.90. The third-order valence-electron chi connectivity index (χ3n) is 3.96. The number of carbonyl (C=O) groups excluding carboxylic acids is 1. The van der Waals surface area contributed by atoms with Gasteiger partial charge in [0.2, 0.25) is 0 Å². The number of pyridine rings is 1. The standard InChI is InChI=1S/C19H21ClN2O5/c1-19(12-27-2,9-17(24)25)21-18(26)14-7-8-16(23)22(11-14)10-13-5-3-4-6-15(13)20/h3-8,11H,9-10,12H2,1-2H3,(H,21,26)(H,24,25). The molecule has 0 saturated heterocycles. The minimum absolute atomic E-state index is 0.0320. The molecule has 8 heteroatoms. The van der Waals surface area contributed by atoms with Crippen molar-refractivity contribution in [2.75, 3.05) is 13.7 Å². The Hall–Kier alpha value is -2.64. The van der Waals surface area contributed by atoms with Crippen LogP contribution in [0.25, 0.3) is 0 Å². The van der Waals surface area contributed by atoms with Crippen LogP contribution in [0, 0.1) is 0 Å². The van der Waals surface area contributed by atoms with Crippen LogP contribution in [0.1, 0.15) is 29.3 Å². The first kappa shape index (κ1) is 20.7. The number of methoxy groups -OCH3 is 1. The zero-order valence-electron chi connectivity index (χ0n) is 15.1. The predicted molar refractivity (Wildman–Crippen MR) is 101 cm³/mol. The minimum atomic E-state index is -1.08. The van der Waals surface area contributed by atoms with Crippen molar-refractivity contribution >= 4 is 23.5 Å². The van der Waals surface area contributed by atoms with E-state index in [0.29, 0.717) is 5.02 Å². The number of amides is 1. The van der Waals surface area contributed by atoms with Crippen molar-refractivity contribution in [3.8, 4) is 0 Å². The van der Waals surface area contributed by atoms with E-state index >= 15 is 0 Å². The fourth-order valence-electron chi connectivity index (χ4n) is 2.73. The van der Waals surface area contributed by atoms with Gasteiger partial charge in [0.15, 0.2) is 0 Å². The Balaban J connectivity index is 2.25. The molecule has 0 aliphatic heterocycles. The van der Waals surface area contributed by atoms with E-state index in [1.165, 1.54) is 30.0 Å². The van der Waals surface area contributed by atoms with Gasteiger partial charge < -0.3 is 19.7 Å². The van der Waals surface area contributed by atoms with Gasteiger partial charge in [0.25, 0.3) is 11.5 Å². The van der Waals surface area contributed by atoms with Crippen molar-refractivity contribution in [2.45, 2.75) is 25.4 Å². The topological polar surface area (TPSA) is 97.6 Å². The van der Waals surface area contributed by atoms with Crippen LogP contribution in [-0.4, -0.2) is 40.8 Å². The summed E-state index contributed by atoms with van der Waals surface area (Å²) in [4.78, 5) is 35.8. The molecule has 0 bridgehead atoms. The number of nitrogens with zero attached hydrogens (tertiary/aromatic N) is 1. The van der Waals surface area contributed by atoms with Gasteiger partial charge in [-0.05, 0) is 24.6 Å². The average molecular weight is 393 g/mol. The Labute approximate surface area is 161 Å². The van der Waals surface area contributed by atoms with Crippen molar-refractivity contribution < 1.29 is 19.4 Å². The number of hydrogen-bond acceptors (Lipinski definition) is 4. The maximum Gasteiger partial charge on any atom is 0.305 e. The first-order chi connectivity index (χ1) is 12.7. The Kier molecular flexibility index (Phi) is 6.76. The molecule has 2 N–H and O–H groups in total. The van der Waals surface area contributed by atoms with Gasteiger partial charge in [-0.25, -0.2) is 0 Å². The molecule has 0 radical (unpaired) electrons. The number of nitrogens with one attached hydrogen (secondary N) is 1. The molecular formula is C19H21ClN2O5. The molecule has 1 heterocycles. The summed E-state index contributed by atoms with van der Waals surface area (Å²) in [7, 11) is 1.43. The molecule has 7 nitrogen and oxygen atoms in total. The maximum atomic E-state index is 12.6. The highest BCUT2D eigenvalue weighted by Gasteiger charge is 2.30. The van der Waals surface area contributed by atoms with Gasteiger partial charge in [-0.3, -0.25) is 14.4 Å². The molecule has 1 aromatic carbocycles. The molecule has 2 aromatic rings. The lowest BCUT2D eigenvalue weighted by Gasteiger charge is -2.28. The lowest BCUT2D eigenvalue weighted by Crippen LogP contribution is -2.50. The third-order valence-corrected chi connectivity index (χ3v) is 4.33. The number of carbonyl (C=O) groups is 2. The first-order valence-electron chi connectivity index (χ1n) is 8.21. The number of halogens is 1. The van der Waals surface area contributed by atoms with Crippen LogP contribution in [-0.2, 0) is 16.1 Å². The first-order valence-corrected chi connectivity index (χ1v) is 8.59. The van der Waals surface area contributed by atoms with Crippen LogP contribution in [0.4, 0.5) is 0 Å². The summed E-state index contributed by atoms with van der Waals surface area (Å²) < 4.78 is 6.41. The van der Waals surface area contributed by atoms with E-state index in [1.54, 1.807) is 25.1 Å². The molecule has 27 heavy (non-hydrogen) atoms. The van der Waals surface area contributed by atoms with E-state index in [0.717, 1.165) is 5.56 Å². The molecule has 0 saturated carbocycles. The average Bonchev–Trinajstić information content (AvgIpc) is 2.57. The second kappa shape index (κ2) is 8.83. The zero-order chi connectivity index (χ0) is 20.0. The Morgan fingerprint density at radius 2 is 1.96 bits per heavy atom. The Morgan fingerprint density at radius 3 is 2.59 bits per heavy atom. The third kappa shape index (κ3) is 5.67. The zero-order valence-corrected chi connectivity index (χ0v) is 15.8. The quantitative estimate of drug-likeness (QED) is 0.717. The minimum Gasteiger partial charge on any atom is -0.481 e. The molecule has 1 atom stereocenters. The largest absolute Gasteiger partial charge is 0.481 e. The predicted octanol–water partition coefficient (Wildman–Crippen LogP) is 2.16. The normalized spacial score (nSPS) is 13.0. The SMILES string of the molecule is COCC(C)(CC(=O)O)NC(=O)c1ccc(=O)n(Cc2ccccc2Cl)c1. The van der Waals surface area contributed by atoms with Crippen LogP contribution in [0.5, 0.6) is 0 Å². The Morgan fingerprint density at radius 1 is 1.26 bits per heavy atom. The van der Waals surface area contributed by atoms with Crippen molar-refractivity contribution in [2.24, 2.45) is 0 Å². The summed E-state index contributed by atoms with van der Waals surface area (Å²) in [5.41, 5.74) is -0.388. The fourth-order valence-corrected chi connectivity index (χ4v) is 2.92. The highest BCUT2D eigenvalue weighted by Crippen LogP contribution is 2.16. The summed E-state index contributed by atoms with van der Waals surface area (Å²) in [5, 5.41) is 12.3. The summed E-state index contributed by atoms with van der Waals surface area (Å²) in [6.45, 7) is 1.83. The molecule has 0 fully saturated rings. The number of benzene rings is 1. The summed E-state index contributed by atoms with van der Waals surface area (Å²) in [5.74, 6) is -1.55. The van der Waals surface area contributed by atoms with E-state index in [9.17, 15) is 14.4 Å². The monoisotopic (exact) mass is 392 g/mol. The van der Waals surface area contributed by atoms with Gasteiger partial charge >= 0.3 is 5.97 Å². The van der Waals surface area contributed by atoms with Crippen molar-refractivity contribution in [1.82, 2.24) is 9.88 Å². The molecule has 2 rings (SSSR count).